The lowest BCUT2D eigenvalue weighted by molar-refractivity contribution is -0.286. The minimum Gasteiger partial charge on any atom is -0.442 e. The maximum atomic E-state index is 2.64. The molecule has 0 spiro atoms. The molecular formula is C33H33BN2. The highest BCUT2D eigenvalue weighted by Gasteiger charge is 2.51. The van der Waals surface area contributed by atoms with Gasteiger partial charge >= 0.3 is 6.42 Å². The van der Waals surface area contributed by atoms with Gasteiger partial charge in [-0.3, -0.25) is 0 Å². The van der Waals surface area contributed by atoms with Gasteiger partial charge in [-0.05, 0) is 29.4 Å². The minimum atomic E-state index is -1.54. The van der Waals surface area contributed by atoms with Gasteiger partial charge in [-0.25, -0.2) is 0 Å². The molecule has 0 fully saturated rings. The van der Waals surface area contributed by atoms with Crippen molar-refractivity contribution in [1.82, 2.24) is 4.48 Å². The molecule has 5 aromatic rings. The zero-order chi connectivity index (χ0) is 24.9. The van der Waals surface area contributed by atoms with Gasteiger partial charge in [0.05, 0.1) is 5.69 Å². The average molecular weight is 468 g/mol. The summed E-state index contributed by atoms with van der Waals surface area (Å²) < 4.78 is 5.25. The van der Waals surface area contributed by atoms with Gasteiger partial charge in [-0.15, -0.1) is 10.9 Å². The van der Waals surface area contributed by atoms with E-state index in [1.54, 1.807) is 0 Å². The van der Waals surface area contributed by atoms with Crippen molar-refractivity contribution in [3.05, 3.63) is 126 Å². The van der Waals surface area contributed by atoms with Crippen LogP contribution < -0.4 is 10.9 Å². The number of fused-ring (bicyclic) bond motifs is 3. The summed E-state index contributed by atoms with van der Waals surface area (Å²) in [6.07, 6.45) is 0.865. The molecule has 1 aromatic heterocycles. The van der Waals surface area contributed by atoms with Gasteiger partial charge in [-0.2, -0.15) is 0 Å². The van der Waals surface area contributed by atoms with Gasteiger partial charge in [0.1, 0.15) is 6.21 Å². The Hall–Kier alpha value is -3.85. The second kappa shape index (κ2) is 8.67. The molecule has 1 aliphatic heterocycles. The lowest BCUT2D eigenvalue weighted by Gasteiger charge is -2.38. The Morgan fingerprint density at radius 3 is 1.69 bits per heavy atom. The summed E-state index contributed by atoms with van der Waals surface area (Å²) in [5, 5.41) is 1.28. The minimum absolute atomic E-state index is 0.406. The van der Waals surface area contributed by atoms with E-state index in [1.165, 1.54) is 44.3 Å². The first-order valence-electron chi connectivity index (χ1n) is 13.2. The standard InChI is InChI=1S/C33H33BN2/c1-24(2)30-19-13-20-31(25(3)4)33(30)35-23-29-22-26-14-11-12-21-32(26)36(29)34(35,27-15-7-5-8-16-27)28-17-9-6-10-18-28/h5-25H,1-4H3. The van der Waals surface area contributed by atoms with Crippen LogP contribution in [0.25, 0.3) is 10.9 Å². The van der Waals surface area contributed by atoms with Crippen LogP contribution in [-0.2, 0) is 0 Å². The first-order valence-corrected chi connectivity index (χ1v) is 13.2. The molecule has 0 saturated heterocycles. The quantitative estimate of drug-likeness (QED) is 0.252. The Kier molecular flexibility index (Phi) is 5.45. The van der Waals surface area contributed by atoms with Crippen molar-refractivity contribution in [2.45, 2.75) is 39.5 Å². The van der Waals surface area contributed by atoms with Crippen molar-refractivity contribution in [3.63, 3.8) is 0 Å². The van der Waals surface area contributed by atoms with Crippen LogP contribution in [0.5, 0.6) is 0 Å². The van der Waals surface area contributed by atoms with Crippen LogP contribution in [0.2, 0.25) is 0 Å². The van der Waals surface area contributed by atoms with Crippen molar-refractivity contribution in [2.24, 2.45) is 0 Å². The highest BCUT2D eigenvalue weighted by atomic mass is 15.2. The predicted molar refractivity (Wildman–Crippen MR) is 155 cm³/mol. The van der Waals surface area contributed by atoms with Crippen molar-refractivity contribution < 1.29 is 4.49 Å². The molecule has 36 heavy (non-hydrogen) atoms. The summed E-state index contributed by atoms with van der Waals surface area (Å²) in [7, 11) is 0. The fourth-order valence-electron chi connectivity index (χ4n) is 6.40. The highest BCUT2D eigenvalue weighted by molar-refractivity contribution is 6.96. The molecule has 2 nitrogen and oxygen atoms in total. The smallest absolute Gasteiger partial charge is 0.435 e. The molecule has 0 unspecified atom stereocenters. The Bertz CT molecular complexity index is 1510. The lowest BCUT2D eigenvalue weighted by atomic mass is 9.36. The SMILES string of the molecule is CC(C)c1cccc(C(C)C)c1[N+]1=Cc2cc3ccccc3n2[B-]1(c1ccccc1)c1ccccc1. The molecule has 2 heterocycles. The van der Waals surface area contributed by atoms with Gasteiger partial charge in [-0.1, -0.05) is 125 Å². The number of rotatable bonds is 5. The van der Waals surface area contributed by atoms with Gasteiger partial charge in [0.15, 0.2) is 5.69 Å². The molecule has 0 saturated carbocycles. The first kappa shape index (κ1) is 22.6. The molecule has 0 radical (unpaired) electrons. The van der Waals surface area contributed by atoms with Crippen LogP contribution in [-0.4, -0.2) is 21.6 Å². The molecule has 0 amide bonds. The number of hydrogen-bond donors (Lipinski definition) is 0. The van der Waals surface area contributed by atoms with E-state index in [-0.39, 0.29) is 0 Å². The summed E-state index contributed by atoms with van der Waals surface area (Å²) in [4.78, 5) is 0. The molecule has 4 aromatic carbocycles. The van der Waals surface area contributed by atoms with E-state index in [2.05, 4.69) is 152 Å². The zero-order valence-electron chi connectivity index (χ0n) is 21.6. The Balaban J connectivity index is 1.82. The summed E-state index contributed by atoms with van der Waals surface area (Å²) in [5.41, 5.74) is 9.28. The third-order valence-electron chi connectivity index (χ3n) is 7.95. The van der Waals surface area contributed by atoms with E-state index in [4.69, 9.17) is 0 Å². The van der Waals surface area contributed by atoms with E-state index in [9.17, 15) is 0 Å². The first-order chi connectivity index (χ1) is 17.5. The Morgan fingerprint density at radius 1 is 0.611 bits per heavy atom. The molecule has 6 rings (SSSR count). The number of benzene rings is 4. The second-order valence-electron chi connectivity index (χ2n) is 10.7. The lowest BCUT2D eigenvalue weighted by Crippen LogP contribution is -2.69. The van der Waals surface area contributed by atoms with Crippen molar-refractivity contribution in [3.8, 4) is 0 Å². The molecule has 0 bridgehead atoms. The van der Waals surface area contributed by atoms with Crippen LogP contribution >= 0.6 is 0 Å². The fraction of sp³-hybridized carbons (Fsp3) is 0.182. The van der Waals surface area contributed by atoms with Gasteiger partial charge in [0.25, 0.3) is 0 Å². The van der Waals surface area contributed by atoms with Crippen molar-refractivity contribution in [1.29, 1.82) is 0 Å². The predicted octanol–water partition coefficient (Wildman–Crippen LogP) is 6.77. The second-order valence-corrected chi connectivity index (χ2v) is 10.7. The Labute approximate surface area is 214 Å². The van der Waals surface area contributed by atoms with Crippen LogP contribution in [0.4, 0.5) is 5.69 Å². The summed E-state index contributed by atoms with van der Waals surface area (Å²) in [5.74, 6) is 0.813. The van der Waals surface area contributed by atoms with Gasteiger partial charge in [0, 0.05) is 16.6 Å². The third kappa shape index (κ3) is 3.22. The van der Waals surface area contributed by atoms with Crippen molar-refractivity contribution in [2.75, 3.05) is 0 Å². The van der Waals surface area contributed by atoms with Crippen molar-refractivity contribution >= 4 is 40.1 Å². The van der Waals surface area contributed by atoms with Gasteiger partial charge in [0.2, 0.25) is 0 Å². The molecular weight excluding hydrogens is 435 g/mol. The number of nitrogens with zero attached hydrogens (tertiary/aromatic N) is 2. The monoisotopic (exact) mass is 468 g/mol. The van der Waals surface area contributed by atoms with E-state index in [1.807, 2.05) is 0 Å². The van der Waals surface area contributed by atoms with E-state index < -0.39 is 6.42 Å². The summed E-state index contributed by atoms with van der Waals surface area (Å²) >= 11 is 0. The number of para-hydroxylation sites is 2. The maximum Gasteiger partial charge on any atom is 0.435 e. The van der Waals surface area contributed by atoms with Crippen LogP contribution in [0.15, 0.2) is 109 Å². The number of hydrogen-bond acceptors (Lipinski definition) is 0. The topological polar surface area (TPSA) is 7.94 Å². The largest absolute Gasteiger partial charge is 0.442 e. The molecule has 3 heteroatoms. The molecule has 0 aliphatic carbocycles. The molecule has 0 N–H and O–H groups in total. The maximum absolute atomic E-state index is 2.64. The zero-order valence-corrected chi connectivity index (χ0v) is 21.6. The van der Waals surface area contributed by atoms with E-state index in [0.717, 1.165) is 0 Å². The molecule has 178 valence electrons. The van der Waals surface area contributed by atoms with Gasteiger partial charge < -0.3 is 8.96 Å². The van der Waals surface area contributed by atoms with Crippen LogP contribution in [0.3, 0.4) is 0 Å². The van der Waals surface area contributed by atoms with Crippen LogP contribution in [0, 0.1) is 0 Å². The van der Waals surface area contributed by atoms with E-state index >= 15 is 0 Å². The van der Waals surface area contributed by atoms with E-state index in [0.29, 0.717) is 11.8 Å². The summed E-state index contributed by atoms with van der Waals surface area (Å²) in [6.45, 7) is 9.26. The average Bonchev–Trinajstić information content (AvgIpc) is 3.44. The van der Waals surface area contributed by atoms with Crippen LogP contribution in [0.1, 0.15) is 56.4 Å². The number of aromatic nitrogens is 1. The molecule has 1 aliphatic rings. The molecule has 0 atom stereocenters. The highest BCUT2D eigenvalue weighted by Crippen LogP contribution is 2.40. The third-order valence-corrected chi connectivity index (χ3v) is 7.95. The summed E-state index contributed by atoms with van der Waals surface area (Å²) in [6, 6.07) is 40.3. The Morgan fingerprint density at radius 2 is 1.14 bits per heavy atom. The fourth-order valence-corrected chi connectivity index (χ4v) is 6.40. The normalized spacial score (nSPS) is 14.4.